The highest BCUT2D eigenvalue weighted by Gasteiger charge is 2.00. The third kappa shape index (κ3) is 15.9. The molecule has 4 nitrogen and oxygen atoms in total. The Morgan fingerprint density at radius 1 is 0.844 bits per heavy atom. The third-order valence-electron chi connectivity index (χ3n) is 5.60. The van der Waals surface area contributed by atoms with E-state index in [1.807, 2.05) is 24.3 Å². The van der Waals surface area contributed by atoms with Gasteiger partial charge in [-0.25, -0.2) is 0 Å². The summed E-state index contributed by atoms with van der Waals surface area (Å²) in [6.45, 7) is 3.08. The Bertz CT molecular complexity index is 644. The number of methoxy groups -OCH3 is 1. The van der Waals surface area contributed by atoms with Crippen molar-refractivity contribution < 1.29 is 9.53 Å². The van der Waals surface area contributed by atoms with Gasteiger partial charge in [-0.2, -0.15) is 0 Å². The van der Waals surface area contributed by atoms with Crippen molar-refractivity contribution in [3.8, 4) is 5.75 Å². The number of carbonyl (C=O) groups excluding carboxylic acids is 1. The lowest BCUT2D eigenvalue weighted by Gasteiger charge is -2.08. The SMILES string of the molecule is CCCCCCCCCCCCCCCCNC(=S)NC(=O)/C=C/c1ccc(OC)cc1. The smallest absolute Gasteiger partial charge is 0.250 e. The highest BCUT2D eigenvalue weighted by molar-refractivity contribution is 7.80. The molecule has 1 aromatic rings. The van der Waals surface area contributed by atoms with Crippen LogP contribution in [0.4, 0.5) is 0 Å². The third-order valence-corrected chi connectivity index (χ3v) is 5.84. The normalized spacial score (nSPS) is 10.9. The molecule has 0 aliphatic rings. The van der Waals surface area contributed by atoms with Crippen LogP contribution in [0.5, 0.6) is 5.75 Å². The first-order valence-electron chi connectivity index (χ1n) is 12.6. The molecule has 1 rings (SSSR count). The molecule has 0 saturated heterocycles. The minimum Gasteiger partial charge on any atom is -0.497 e. The lowest BCUT2D eigenvalue weighted by atomic mass is 10.0. The van der Waals surface area contributed by atoms with Gasteiger partial charge >= 0.3 is 0 Å². The molecule has 0 spiro atoms. The first kappa shape index (κ1) is 28.2. The van der Waals surface area contributed by atoms with Crippen molar-refractivity contribution in [3.05, 3.63) is 35.9 Å². The number of rotatable bonds is 18. The molecule has 32 heavy (non-hydrogen) atoms. The van der Waals surface area contributed by atoms with Crippen molar-refractivity contribution >= 4 is 29.3 Å². The molecule has 0 radical (unpaired) electrons. The first-order chi connectivity index (χ1) is 15.7. The Kier molecular flexibility index (Phi) is 17.4. The second kappa shape index (κ2) is 19.8. The molecule has 5 heteroatoms. The summed E-state index contributed by atoms with van der Waals surface area (Å²) in [6, 6.07) is 7.52. The molecule has 0 unspecified atom stereocenters. The van der Waals surface area contributed by atoms with Gasteiger partial charge < -0.3 is 10.1 Å². The molecule has 0 heterocycles. The van der Waals surface area contributed by atoms with Crippen molar-refractivity contribution in [2.24, 2.45) is 0 Å². The molecule has 1 aromatic carbocycles. The summed E-state index contributed by atoms with van der Waals surface area (Å²) in [5.41, 5.74) is 0.933. The summed E-state index contributed by atoms with van der Waals surface area (Å²) in [7, 11) is 1.63. The largest absolute Gasteiger partial charge is 0.497 e. The van der Waals surface area contributed by atoms with Crippen LogP contribution in [0.3, 0.4) is 0 Å². The van der Waals surface area contributed by atoms with Crippen LogP contribution in [-0.2, 0) is 4.79 Å². The number of hydrogen-bond donors (Lipinski definition) is 2. The van der Waals surface area contributed by atoms with E-state index in [1.54, 1.807) is 13.2 Å². The fraction of sp³-hybridized carbons (Fsp3) is 0.630. The minimum absolute atomic E-state index is 0.223. The second-order valence-corrected chi connectivity index (χ2v) is 8.86. The summed E-state index contributed by atoms with van der Waals surface area (Å²) in [4.78, 5) is 12.0. The number of ether oxygens (including phenoxy) is 1. The maximum absolute atomic E-state index is 12.0. The summed E-state index contributed by atoms with van der Waals surface area (Å²) in [5.74, 6) is 0.569. The van der Waals surface area contributed by atoms with E-state index >= 15 is 0 Å². The molecule has 0 aliphatic heterocycles. The van der Waals surface area contributed by atoms with E-state index in [-0.39, 0.29) is 5.91 Å². The summed E-state index contributed by atoms with van der Waals surface area (Å²) in [5, 5.41) is 6.20. The standard InChI is InChI=1S/C27H44N2O2S/c1-3-4-5-6-7-8-9-10-11-12-13-14-15-16-23-28-27(32)29-26(30)22-19-24-17-20-25(31-2)21-18-24/h17-22H,3-16,23H2,1-2H3,(H2,28,29,30,32)/b22-19+. The van der Waals surface area contributed by atoms with Crippen LogP contribution in [0.2, 0.25) is 0 Å². The number of carbonyl (C=O) groups is 1. The van der Waals surface area contributed by atoms with Gasteiger partial charge in [0.2, 0.25) is 5.91 Å². The number of hydrogen-bond acceptors (Lipinski definition) is 3. The van der Waals surface area contributed by atoms with Crippen molar-refractivity contribution in [1.29, 1.82) is 0 Å². The lowest BCUT2D eigenvalue weighted by Crippen LogP contribution is -2.38. The fourth-order valence-corrected chi connectivity index (χ4v) is 3.81. The van der Waals surface area contributed by atoms with Crippen LogP contribution in [0, 0.1) is 0 Å². The Labute approximate surface area is 201 Å². The Morgan fingerprint density at radius 2 is 1.34 bits per heavy atom. The van der Waals surface area contributed by atoms with E-state index in [2.05, 4.69) is 17.6 Å². The van der Waals surface area contributed by atoms with Gasteiger partial charge in [-0.15, -0.1) is 0 Å². The molecular formula is C27H44N2O2S. The van der Waals surface area contributed by atoms with Gasteiger partial charge in [-0.3, -0.25) is 10.1 Å². The topological polar surface area (TPSA) is 50.4 Å². The van der Waals surface area contributed by atoms with E-state index in [4.69, 9.17) is 17.0 Å². The van der Waals surface area contributed by atoms with Crippen LogP contribution in [-0.4, -0.2) is 24.7 Å². The predicted octanol–water partition coefficient (Wildman–Crippen LogP) is 7.18. The number of amides is 1. The highest BCUT2D eigenvalue weighted by atomic mass is 32.1. The summed E-state index contributed by atoms with van der Waals surface area (Å²) in [6.07, 6.45) is 22.1. The second-order valence-electron chi connectivity index (χ2n) is 8.45. The van der Waals surface area contributed by atoms with Gasteiger partial charge in [0.15, 0.2) is 5.11 Å². The molecule has 180 valence electrons. The van der Waals surface area contributed by atoms with Gasteiger partial charge in [-0.1, -0.05) is 103 Å². The summed E-state index contributed by atoms with van der Waals surface area (Å²) >= 11 is 5.20. The zero-order valence-corrected chi connectivity index (χ0v) is 21.1. The van der Waals surface area contributed by atoms with Crippen LogP contribution in [0.1, 0.15) is 102 Å². The maximum Gasteiger partial charge on any atom is 0.250 e. The zero-order valence-electron chi connectivity index (χ0n) is 20.3. The van der Waals surface area contributed by atoms with Gasteiger partial charge in [0, 0.05) is 12.6 Å². The number of nitrogens with one attached hydrogen (secondary N) is 2. The highest BCUT2D eigenvalue weighted by Crippen LogP contribution is 2.13. The van der Waals surface area contributed by atoms with Crippen LogP contribution in [0.25, 0.3) is 6.08 Å². The molecule has 0 atom stereocenters. The molecule has 0 fully saturated rings. The lowest BCUT2D eigenvalue weighted by molar-refractivity contribution is -0.115. The van der Waals surface area contributed by atoms with Crippen molar-refractivity contribution in [2.45, 2.75) is 96.8 Å². The van der Waals surface area contributed by atoms with Crippen molar-refractivity contribution in [2.75, 3.05) is 13.7 Å². The Hall–Kier alpha value is -1.88. The quantitative estimate of drug-likeness (QED) is 0.138. The van der Waals surface area contributed by atoms with Crippen molar-refractivity contribution in [1.82, 2.24) is 10.6 Å². The Morgan fingerprint density at radius 3 is 1.84 bits per heavy atom. The van der Waals surface area contributed by atoms with Gasteiger partial charge in [-0.05, 0) is 42.4 Å². The molecule has 0 bridgehead atoms. The summed E-state index contributed by atoms with van der Waals surface area (Å²) < 4.78 is 5.12. The van der Waals surface area contributed by atoms with Crippen molar-refractivity contribution in [3.63, 3.8) is 0 Å². The Balaban J connectivity index is 1.92. The average molecular weight is 461 g/mol. The molecule has 2 N–H and O–H groups in total. The minimum atomic E-state index is -0.223. The maximum atomic E-state index is 12.0. The zero-order chi connectivity index (χ0) is 23.3. The predicted molar refractivity (Wildman–Crippen MR) is 141 cm³/mol. The molecule has 0 aromatic heterocycles. The molecular weight excluding hydrogens is 416 g/mol. The van der Waals surface area contributed by atoms with E-state index in [0.717, 1.165) is 24.3 Å². The number of benzene rings is 1. The van der Waals surface area contributed by atoms with Crippen LogP contribution in [0.15, 0.2) is 30.3 Å². The van der Waals surface area contributed by atoms with E-state index in [9.17, 15) is 4.79 Å². The first-order valence-corrected chi connectivity index (χ1v) is 13.0. The fourth-order valence-electron chi connectivity index (χ4n) is 3.61. The van der Waals surface area contributed by atoms with Gasteiger partial charge in [0.1, 0.15) is 5.75 Å². The van der Waals surface area contributed by atoms with E-state index in [0.29, 0.717) is 5.11 Å². The monoisotopic (exact) mass is 460 g/mol. The van der Waals surface area contributed by atoms with Crippen LogP contribution < -0.4 is 15.4 Å². The molecule has 0 aliphatic carbocycles. The van der Waals surface area contributed by atoms with Gasteiger partial charge in [0.25, 0.3) is 0 Å². The van der Waals surface area contributed by atoms with E-state index in [1.165, 1.54) is 89.5 Å². The number of unbranched alkanes of at least 4 members (excludes halogenated alkanes) is 13. The average Bonchev–Trinajstić information content (AvgIpc) is 2.80. The molecule has 1 amide bonds. The van der Waals surface area contributed by atoms with E-state index < -0.39 is 0 Å². The number of thiocarbonyl (C=S) groups is 1. The molecule has 0 saturated carbocycles. The van der Waals surface area contributed by atoms with Gasteiger partial charge in [0.05, 0.1) is 7.11 Å². The van der Waals surface area contributed by atoms with Crippen LogP contribution >= 0.6 is 12.2 Å².